The fourth-order valence-corrected chi connectivity index (χ4v) is 5.06. The van der Waals surface area contributed by atoms with Crippen molar-refractivity contribution in [3.63, 3.8) is 0 Å². The Morgan fingerprint density at radius 2 is 1.92 bits per heavy atom. The van der Waals surface area contributed by atoms with Crippen molar-refractivity contribution in [1.82, 2.24) is 25.2 Å². The van der Waals surface area contributed by atoms with Crippen LogP contribution in [0.5, 0.6) is 0 Å². The standard InChI is InChI=1S/C24H28F3N7O3/c1-33(18-8-9-29-13-31-18)22(36)19-16(11-14-7-10-30-17(28)12-14)21(35)34(19)23(37)32-20(24(25,26)27)15-5-3-2-4-6-15/h7-10,12-13,15-16,19-20H,2-6,11H2,1H3,(H2,28,30)(H,32,37)/t16?,19-,20-/m0/s1. The summed E-state index contributed by atoms with van der Waals surface area (Å²) in [4.78, 5) is 53.2. The predicted molar refractivity (Wildman–Crippen MR) is 127 cm³/mol. The van der Waals surface area contributed by atoms with Gasteiger partial charge in [0.25, 0.3) is 5.91 Å². The van der Waals surface area contributed by atoms with Gasteiger partial charge < -0.3 is 11.1 Å². The van der Waals surface area contributed by atoms with Crippen molar-refractivity contribution >= 4 is 29.5 Å². The number of pyridine rings is 1. The van der Waals surface area contributed by atoms with E-state index in [0.29, 0.717) is 36.1 Å². The Kier molecular flexibility index (Phi) is 7.60. The van der Waals surface area contributed by atoms with Crippen LogP contribution < -0.4 is 16.0 Å². The van der Waals surface area contributed by atoms with Gasteiger partial charge in [0.2, 0.25) is 5.91 Å². The number of urea groups is 1. The third-order valence-electron chi connectivity index (χ3n) is 6.98. The number of anilines is 2. The molecular formula is C24H28F3N7O3. The number of carbonyl (C=O) groups is 3. The number of alkyl halides is 3. The molecule has 2 aliphatic rings. The van der Waals surface area contributed by atoms with Crippen LogP contribution in [0.1, 0.15) is 37.7 Å². The Hall–Kier alpha value is -3.77. The number of carbonyl (C=O) groups excluding carboxylic acids is 3. The van der Waals surface area contributed by atoms with E-state index in [1.165, 1.54) is 37.9 Å². The number of β-lactam (4-membered cyclic amide) rings is 1. The first kappa shape index (κ1) is 26.3. The molecule has 2 aromatic heterocycles. The summed E-state index contributed by atoms with van der Waals surface area (Å²) < 4.78 is 41.8. The minimum atomic E-state index is -4.70. The molecule has 1 aliphatic carbocycles. The third kappa shape index (κ3) is 5.65. The number of hydrogen-bond acceptors (Lipinski definition) is 7. The van der Waals surface area contributed by atoms with Crippen LogP contribution in [0.15, 0.2) is 36.9 Å². The smallest absolute Gasteiger partial charge is 0.384 e. The molecule has 198 valence electrons. The van der Waals surface area contributed by atoms with E-state index >= 15 is 0 Å². The fourth-order valence-electron chi connectivity index (χ4n) is 5.06. The summed E-state index contributed by atoms with van der Waals surface area (Å²) in [5.41, 5.74) is 6.32. The fraction of sp³-hybridized carbons (Fsp3) is 0.500. The molecule has 2 aromatic rings. The normalized spacial score (nSPS) is 21.2. The van der Waals surface area contributed by atoms with Gasteiger partial charge in [-0.15, -0.1) is 0 Å². The molecule has 37 heavy (non-hydrogen) atoms. The topological polar surface area (TPSA) is 134 Å². The van der Waals surface area contributed by atoms with Crippen molar-refractivity contribution in [1.29, 1.82) is 0 Å². The van der Waals surface area contributed by atoms with Crippen LogP contribution in [0.3, 0.4) is 0 Å². The lowest BCUT2D eigenvalue weighted by atomic mass is 9.81. The number of likely N-dealkylation sites (N-methyl/N-ethyl adjacent to an activating group) is 1. The molecule has 0 radical (unpaired) electrons. The van der Waals surface area contributed by atoms with Crippen LogP contribution in [-0.2, 0) is 16.0 Å². The van der Waals surface area contributed by atoms with Crippen molar-refractivity contribution in [2.24, 2.45) is 11.8 Å². The molecule has 1 saturated carbocycles. The molecule has 0 aromatic carbocycles. The van der Waals surface area contributed by atoms with E-state index < -0.39 is 47.9 Å². The van der Waals surface area contributed by atoms with Crippen LogP contribution >= 0.6 is 0 Å². The van der Waals surface area contributed by atoms with Crippen LogP contribution in [-0.4, -0.2) is 63.0 Å². The van der Waals surface area contributed by atoms with Gasteiger partial charge in [0.1, 0.15) is 30.0 Å². The first-order chi connectivity index (χ1) is 17.6. The zero-order chi connectivity index (χ0) is 26.7. The monoisotopic (exact) mass is 519 g/mol. The number of likely N-dealkylation sites (tertiary alicyclic amines) is 1. The number of hydrogen-bond donors (Lipinski definition) is 2. The highest BCUT2D eigenvalue weighted by Crippen LogP contribution is 2.37. The maximum Gasteiger partial charge on any atom is 0.408 e. The molecule has 4 amide bonds. The maximum atomic E-state index is 13.9. The number of nitrogens with one attached hydrogen (secondary N) is 1. The molecule has 10 nitrogen and oxygen atoms in total. The second-order valence-electron chi connectivity index (χ2n) is 9.38. The Balaban J connectivity index is 1.60. The minimum Gasteiger partial charge on any atom is -0.384 e. The van der Waals surface area contributed by atoms with Crippen molar-refractivity contribution < 1.29 is 27.6 Å². The molecule has 1 aliphatic heterocycles. The minimum absolute atomic E-state index is 0.0503. The predicted octanol–water partition coefficient (Wildman–Crippen LogP) is 2.71. The summed E-state index contributed by atoms with van der Waals surface area (Å²) in [5.74, 6) is -2.76. The zero-order valence-corrected chi connectivity index (χ0v) is 20.2. The van der Waals surface area contributed by atoms with Crippen molar-refractivity contribution in [3.8, 4) is 0 Å². The Morgan fingerprint density at radius 1 is 1.19 bits per heavy atom. The molecule has 0 spiro atoms. The number of aromatic nitrogens is 3. The molecule has 2 fully saturated rings. The number of rotatable bonds is 6. The van der Waals surface area contributed by atoms with Crippen LogP contribution in [0, 0.1) is 11.8 Å². The summed E-state index contributed by atoms with van der Waals surface area (Å²) in [6, 6.07) is -0.0639. The van der Waals surface area contributed by atoms with Gasteiger partial charge in [-0.3, -0.25) is 19.4 Å². The molecule has 1 unspecified atom stereocenters. The summed E-state index contributed by atoms with van der Waals surface area (Å²) in [5, 5.41) is 2.03. The first-order valence-corrected chi connectivity index (χ1v) is 12.0. The average molecular weight is 520 g/mol. The van der Waals surface area contributed by atoms with Gasteiger partial charge in [-0.1, -0.05) is 19.3 Å². The van der Waals surface area contributed by atoms with Crippen molar-refractivity contribution in [3.05, 3.63) is 42.5 Å². The molecular weight excluding hydrogens is 491 g/mol. The quantitative estimate of drug-likeness (QED) is 0.561. The largest absolute Gasteiger partial charge is 0.408 e. The summed E-state index contributed by atoms with van der Waals surface area (Å²) in [6.45, 7) is 0. The highest BCUT2D eigenvalue weighted by Gasteiger charge is 2.57. The maximum absolute atomic E-state index is 13.9. The summed E-state index contributed by atoms with van der Waals surface area (Å²) >= 11 is 0. The van der Waals surface area contributed by atoms with Crippen LogP contribution in [0.2, 0.25) is 0 Å². The first-order valence-electron chi connectivity index (χ1n) is 12.0. The van der Waals surface area contributed by atoms with E-state index in [4.69, 9.17) is 5.73 Å². The summed E-state index contributed by atoms with van der Waals surface area (Å²) in [7, 11) is 1.41. The summed E-state index contributed by atoms with van der Waals surface area (Å²) in [6.07, 6.45) is 2.20. The van der Waals surface area contributed by atoms with Crippen molar-refractivity contribution in [2.75, 3.05) is 17.7 Å². The number of nitrogens with two attached hydrogens (primary N) is 1. The lowest BCUT2D eigenvalue weighted by Crippen LogP contribution is -2.71. The second kappa shape index (κ2) is 10.7. The van der Waals surface area contributed by atoms with Gasteiger partial charge in [0.15, 0.2) is 0 Å². The second-order valence-corrected chi connectivity index (χ2v) is 9.38. The molecule has 1 saturated heterocycles. The van der Waals surface area contributed by atoms with Gasteiger partial charge in [-0.25, -0.2) is 19.7 Å². The van der Waals surface area contributed by atoms with Crippen LogP contribution in [0.25, 0.3) is 0 Å². The number of amides is 4. The number of imide groups is 1. The van der Waals surface area contributed by atoms with E-state index in [2.05, 4.69) is 15.0 Å². The molecule has 3 heterocycles. The Labute approximate surface area is 211 Å². The third-order valence-corrected chi connectivity index (χ3v) is 6.98. The average Bonchev–Trinajstić information content (AvgIpc) is 2.88. The molecule has 3 N–H and O–H groups in total. The SMILES string of the molecule is CN(C(=O)[C@@H]1C(Cc2ccnc(N)c2)C(=O)N1C(=O)N[C@@H](C1CCCCC1)C(F)(F)F)c1ccncn1. The Morgan fingerprint density at radius 3 is 2.54 bits per heavy atom. The molecule has 4 rings (SSSR count). The molecule has 0 bridgehead atoms. The van der Waals surface area contributed by atoms with E-state index in [-0.39, 0.29) is 18.1 Å². The van der Waals surface area contributed by atoms with Gasteiger partial charge in [0.05, 0.1) is 5.92 Å². The number of nitrogens with zero attached hydrogens (tertiary/aromatic N) is 5. The van der Waals surface area contributed by atoms with E-state index in [9.17, 15) is 27.6 Å². The highest BCUT2D eigenvalue weighted by atomic mass is 19.4. The van der Waals surface area contributed by atoms with E-state index in [1.54, 1.807) is 6.07 Å². The highest BCUT2D eigenvalue weighted by molar-refractivity contribution is 6.12. The van der Waals surface area contributed by atoms with Gasteiger partial charge in [-0.2, -0.15) is 13.2 Å². The lowest BCUT2D eigenvalue weighted by molar-refractivity contribution is -0.170. The van der Waals surface area contributed by atoms with Gasteiger partial charge >= 0.3 is 12.2 Å². The lowest BCUT2D eigenvalue weighted by Gasteiger charge is -2.46. The number of nitrogen functional groups attached to an aromatic ring is 1. The van der Waals surface area contributed by atoms with Crippen LogP contribution in [0.4, 0.5) is 29.6 Å². The Bertz CT molecular complexity index is 1140. The van der Waals surface area contributed by atoms with E-state index in [1.807, 2.05) is 5.32 Å². The molecule has 3 atom stereocenters. The van der Waals surface area contributed by atoms with E-state index in [0.717, 1.165) is 11.3 Å². The molecule has 13 heteroatoms. The number of halogens is 3. The zero-order valence-electron chi connectivity index (χ0n) is 20.2. The van der Waals surface area contributed by atoms with Gasteiger partial charge in [0, 0.05) is 19.4 Å². The van der Waals surface area contributed by atoms with Gasteiger partial charge in [-0.05, 0) is 48.9 Å². The van der Waals surface area contributed by atoms with Crippen molar-refractivity contribution in [2.45, 2.75) is 56.8 Å².